The van der Waals surface area contributed by atoms with Crippen molar-refractivity contribution in [2.24, 2.45) is 0 Å². The average Bonchev–Trinajstić information content (AvgIpc) is 2.72. The zero-order valence-corrected chi connectivity index (χ0v) is 24.4. The number of aliphatic hydroxyl groups excluding tert-OH is 1. The van der Waals surface area contributed by atoms with Crippen molar-refractivity contribution in [1.82, 2.24) is 0 Å². The minimum absolute atomic E-state index is 0.00959. The summed E-state index contributed by atoms with van der Waals surface area (Å²) in [5.41, 5.74) is 4.53. The lowest BCUT2D eigenvalue weighted by Crippen LogP contribution is -2.65. The molecule has 0 spiro atoms. The molecule has 2 aromatic carbocycles. The molecule has 0 aliphatic rings. The molecule has 0 amide bonds. The molecular formula is C29H44O2Si2. The fourth-order valence-electron chi connectivity index (χ4n) is 4.51. The van der Waals surface area contributed by atoms with Crippen molar-refractivity contribution in [2.45, 2.75) is 84.7 Å². The van der Waals surface area contributed by atoms with Crippen LogP contribution in [-0.4, -0.2) is 34.2 Å². The molecule has 0 unspecified atom stereocenters. The van der Waals surface area contributed by atoms with Crippen LogP contribution in [0.5, 0.6) is 0 Å². The molecule has 2 aromatic rings. The Morgan fingerprint density at radius 1 is 0.818 bits per heavy atom. The molecule has 4 heteroatoms. The van der Waals surface area contributed by atoms with Crippen molar-refractivity contribution in [2.75, 3.05) is 6.61 Å². The van der Waals surface area contributed by atoms with E-state index in [1.807, 2.05) is 6.92 Å². The van der Waals surface area contributed by atoms with Crippen molar-refractivity contribution in [1.29, 1.82) is 0 Å². The Kier molecular flexibility index (Phi) is 8.59. The number of aliphatic hydroxyl groups is 1. The summed E-state index contributed by atoms with van der Waals surface area (Å²) in [7, 11) is -4.33. The van der Waals surface area contributed by atoms with Crippen molar-refractivity contribution in [3.8, 4) is 0 Å². The Bertz CT molecular complexity index is 934. The lowest BCUT2D eigenvalue weighted by molar-refractivity contribution is 0.127. The van der Waals surface area contributed by atoms with Crippen molar-refractivity contribution in [3.05, 3.63) is 77.2 Å². The van der Waals surface area contributed by atoms with Crippen LogP contribution in [0, 0.1) is 0 Å². The Morgan fingerprint density at radius 3 is 1.61 bits per heavy atom. The van der Waals surface area contributed by atoms with E-state index in [0.29, 0.717) is 6.61 Å². The third-order valence-electron chi connectivity index (χ3n) is 7.39. The number of hydrogen-bond acceptors (Lipinski definition) is 2. The van der Waals surface area contributed by atoms with Gasteiger partial charge in [-0.1, -0.05) is 102 Å². The molecule has 0 aliphatic carbocycles. The van der Waals surface area contributed by atoms with Gasteiger partial charge in [0, 0.05) is 0 Å². The van der Waals surface area contributed by atoms with Gasteiger partial charge < -0.3 is 9.53 Å². The van der Waals surface area contributed by atoms with Crippen LogP contribution in [0.3, 0.4) is 0 Å². The first-order valence-corrected chi connectivity index (χ1v) is 16.9. The Labute approximate surface area is 204 Å². The minimum Gasteiger partial charge on any atom is -0.414 e. The molecule has 0 aliphatic heterocycles. The maximum Gasteiger partial charge on any atom is 0.192 e. The second-order valence-electron chi connectivity index (χ2n) is 11.8. The number of hydrogen-bond donors (Lipinski definition) is 1. The van der Waals surface area contributed by atoms with E-state index in [-0.39, 0.29) is 10.1 Å². The van der Waals surface area contributed by atoms with Gasteiger partial charge in [-0.2, -0.15) is 0 Å². The highest BCUT2D eigenvalue weighted by molar-refractivity contribution is 7.09. The van der Waals surface area contributed by atoms with Crippen molar-refractivity contribution in [3.63, 3.8) is 0 Å². The van der Waals surface area contributed by atoms with E-state index in [1.54, 1.807) is 0 Å². The molecule has 1 atom stereocenters. The van der Waals surface area contributed by atoms with E-state index in [9.17, 15) is 5.11 Å². The first kappa shape index (κ1) is 27.6. The van der Waals surface area contributed by atoms with E-state index < -0.39 is 22.5 Å². The van der Waals surface area contributed by atoms with Crippen LogP contribution < -0.4 is 10.4 Å². The van der Waals surface area contributed by atoms with E-state index >= 15 is 0 Å². The lowest BCUT2D eigenvalue weighted by Gasteiger charge is -2.44. The highest BCUT2D eigenvalue weighted by Gasteiger charge is 2.49. The van der Waals surface area contributed by atoms with Crippen molar-refractivity contribution >= 4 is 26.8 Å². The van der Waals surface area contributed by atoms with Crippen LogP contribution in [0.25, 0.3) is 0 Å². The predicted molar refractivity (Wildman–Crippen MR) is 149 cm³/mol. The standard InChI is InChI=1S/C29H44O2Si2/c1-23(27(30)22-31-32(9,10)28(3,4)5)21-24(2)33(29(6,7)8,25-17-13-11-14-18-25)26-19-15-12-16-20-26/h11-20,27,30H,22H2,1-10H3/t21?,27-/m1/s1. The van der Waals surface area contributed by atoms with Crippen LogP contribution in [0.1, 0.15) is 55.4 Å². The Hall–Kier alpha value is -1.69. The monoisotopic (exact) mass is 480 g/mol. The highest BCUT2D eigenvalue weighted by atomic mass is 28.4. The van der Waals surface area contributed by atoms with Gasteiger partial charge in [0.2, 0.25) is 0 Å². The number of rotatable bonds is 7. The summed E-state index contributed by atoms with van der Waals surface area (Å²) in [4.78, 5) is 0. The third-order valence-corrected chi connectivity index (χ3v) is 17.8. The summed E-state index contributed by atoms with van der Waals surface area (Å²) in [6, 6.07) is 21.8. The van der Waals surface area contributed by atoms with E-state index in [0.717, 1.165) is 5.57 Å². The van der Waals surface area contributed by atoms with Gasteiger partial charge >= 0.3 is 0 Å². The summed E-state index contributed by atoms with van der Waals surface area (Å²) in [5, 5.41) is 15.1. The molecule has 1 N–H and O–H groups in total. The first-order chi connectivity index (χ1) is 15.1. The number of benzene rings is 2. The summed E-state index contributed by atoms with van der Waals surface area (Å²) in [6.07, 6.45) is -0.660. The molecule has 2 rings (SSSR count). The maximum absolute atomic E-state index is 11.0. The topological polar surface area (TPSA) is 29.5 Å². The fourth-order valence-corrected chi connectivity index (χ4v) is 11.3. The summed E-state index contributed by atoms with van der Waals surface area (Å²) >= 11 is 0. The molecule has 0 radical (unpaired) electrons. The van der Waals surface area contributed by atoms with Crippen LogP contribution >= 0.6 is 0 Å². The van der Waals surface area contributed by atoms with E-state index in [1.165, 1.54) is 15.6 Å². The highest BCUT2D eigenvalue weighted by Crippen LogP contribution is 2.40. The second-order valence-corrected chi connectivity index (χ2v) is 21.5. The summed E-state index contributed by atoms with van der Waals surface area (Å²) in [5.74, 6) is 0. The SMILES string of the molecule is CC(=C=C(C)[Si](c1ccccc1)(c1ccccc1)C(C)(C)C)[C@H](O)CO[Si](C)(C)C(C)(C)C. The average molecular weight is 481 g/mol. The Morgan fingerprint density at radius 2 is 1.24 bits per heavy atom. The first-order valence-electron chi connectivity index (χ1n) is 12.0. The van der Waals surface area contributed by atoms with Gasteiger partial charge in [-0.15, -0.1) is 5.73 Å². The molecular weight excluding hydrogens is 436 g/mol. The van der Waals surface area contributed by atoms with Crippen LogP contribution in [0.15, 0.2) is 77.2 Å². The normalized spacial score (nSPS) is 13.9. The Balaban J connectivity index is 2.63. The van der Waals surface area contributed by atoms with Gasteiger partial charge in [-0.3, -0.25) is 0 Å². The molecule has 33 heavy (non-hydrogen) atoms. The molecule has 0 fully saturated rings. The summed E-state index contributed by atoms with van der Waals surface area (Å²) < 4.78 is 6.31. The van der Waals surface area contributed by atoms with Gasteiger partial charge in [-0.25, -0.2) is 0 Å². The quantitative estimate of drug-likeness (QED) is 0.364. The largest absolute Gasteiger partial charge is 0.414 e. The molecule has 2 nitrogen and oxygen atoms in total. The van der Waals surface area contributed by atoms with Gasteiger partial charge in [0.1, 0.15) is 6.10 Å². The molecule has 0 heterocycles. The lowest BCUT2D eigenvalue weighted by atomic mass is 10.2. The third kappa shape index (κ3) is 5.88. The van der Waals surface area contributed by atoms with Crippen LogP contribution in [0.2, 0.25) is 23.2 Å². The van der Waals surface area contributed by atoms with E-state index in [4.69, 9.17) is 4.43 Å². The smallest absolute Gasteiger partial charge is 0.192 e. The molecule has 180 valence electrons. The van der Waals surface area contributed by atoms with Crippen LogP contribution in [-0.2, 0) is 4.43 Å². The molecule has 0 bridgehead atoms. The fraction of sp³-hybridized carbons (Fsp3) is 0.483. The van der Waals surface area contributed by atoms with Gasteiger partial charge in [0.25, 0.3) is 0 Å². The molecule has 0 aromatic heterocycles. The van der Waals surface area contributed by atoms with Crippen LogP contribution in [0.4, 0.5) is 0 Å². The maximum atomic E-state index is 11.0. The molecule has 0 saturated heterocycles. The predicted octanol–water partition coefficient (Wildman–Crippen LogP) is 6.46. The summed E-state index contributed by atoms with van der Waals surface area (Å²) in [6.45, 7) is 22.7. The molecule has 0 saturated carbocycles. The zero-order valence-electron chi connectivity index (χ0n) is 22.4. The minimum atomic E-state index is -2.41. The van der Waals surface area contributed by atoms with Crippen molar-refractivity contribution < 1.29 is 9.53 Å². The second kappa shape index (κ2) is 10.3. The zero-order chi connectivity index (χ0) is 25.1. The van der Waals surface area contributed by atoms with Gasteiger partial charge in [0.05, 0.1) is 6.61 Å². The van der Waals surface area contributed by atoms with E-state index in [2.05, 4.69) is 128 Å². The van der Waals surface area contributed by atoms with Gasteiger partial charge in [-0.05, 0) is 58.2 Å². The van der Waals surface area contributed by atoms with Gasteiger partial charge in [0.15, 0.2) is 16.4 Å².